The van der Waals surface area contributed by atoms with Crippen molar-refractivity contribution in [2.45, 2.75) is 56.4 Å². The predicted molar refractivity (Wildman–Crippen MR) is 117 cm³/mol. The Labute approximate surface area is 194 Å². The summed E-state index contributed by atoms with van der Waals surface area (Å²) in [6.07, 6.45) is -0.952. The summed E-state index contributed by atoms with van der Waals surface area (Å²) in [6, 6.07) is 7.59. The summed E-state index contributed by atoms with van der Waals surface area (Å²) < 4.78 is 53.6. The Balaban J connectivity index is 1.40. The minimum Gasteiger partial charge on any atom is -0.398 e. The van der Waals surface area contributed by atoms with Gasteiger partial charge in [0, 0.05) is 17.3 Å². The number of nitrogen functional groups attached to an aromatic ring is 1. The van der Waals surface area contributed by atoms with Crippen LogP contribution in [-0.4, -0.2) is 28.8 Å². The zero-order chi connectivity index (χ0) is 24.2. The van der Waals surface area contributed by atoms with Gasteiger partial charge in [0.25, 0.3) is 5.91 Å². The number of rotatable bonds is 5. The number of nitrogens with two attached hydrogens (primary N) is 1. The number of para-hydroxylation sites is 1. The van der Waals surface area contributed by atoms with E-state index in [4.69, 9.17) is 5.73 Å². The molecule has 3 aliphatic rings. The molecule has 3 N–H and O–H groups in total. The molecule has 34 heavy (non-hydrogen) atoms. The molecule has 2 aromatic rings. The zero-order valence-electron chi connectivity index (χ0n) is 18.3. The SMILES string of the molecule is Nc1ccccc1C(=O)N1[C@@H](C(=O)N[C@@H](c2ccc(C(F)(F)F)cc2F)C2CC2)C[C@H]2CC[C@H]21. The van der Waals surface area contributed by atoms with Gasteiger partial charge in [0.1, 0.15) is 11.9 Å². The molecule has 180 valence electrons. The van der Waals surface area contributed by atoms with Crippen LogP contribution in [0.1, 0.15) is 59.6 Å². The Bertz CT molecular complexity index is 1130. The third-order valence-electron chi connectivity index (χ3n) is 7.38. The number of carbonyl (C=O) groups excluding carboxylic acids is 2. The highest BCUT2D eigenvalue weighted by atomic mass is 19.4. The normalized spacial score (nSPS) is 24.8. The van der Waals surface area contributed by atoms with E-state index >= 15 is 0 Å². The number of anilines is 1. The highest BCUT2D eigenvalue weighted by molar-refractivity contribution is 6.02. The van der Waals surface area contributed by atoms with Crippen molar-refractivity contribution in [3.63, 3.8) is 0 Å². The monoisotopic (exact) mass is 475 g/mol. The molecule has 5 rings (SSSR count). The van der Waals surface area contributed by atoms with Crippen molar-refractivity contribution < 1.29 is 27.2 Å². The molecule has 0 spiro atoms. The van der Waals surface area contributed by atoms with Crippen LogP contribution >= 0.6 is 0 Å². The van der Waals surface area contributed by atoms with E-state index in [2.05, 4.69) is 5.32 Å². The number of alkyl halides is 3. The van der Waals surface area contributed by atoms with Crippen LogP contribution in [0.2, 0.25) is 0 Å². The molecule has 0 bridgehead atoms. The second-order valence-electron chi connectivity index (χ2n) is 9.51. The van der Waals surface area contributed by atoms with Crippen LogP contribution in [0.15, 0.2) is 42.5 Å². The van der Waals surface area contributed by atoms with Crippen molar-refractivity contribution in [2.75, 3.05) is 5.73 Å². The predicted octanol–water partition coefficient (Wildman–Crippen LogP) is 4.69. The van der Waals surface area contributed by atoms with E-state index in [1.54, 1.807) is 29.2 Å². The number of fused-ring (bicyclic) bond motifs is 1. The lowest BCUT2D eigenvalue weighted by atomic mass is 9.80. The van der Waals surface area contributed by atoms with Gasteiger partial charge in [0.15, 0.2) is 0 Å². The number of hydrogen-bond donors (Lipinski definition) is 2. The molecular weight excluding hydrogens is 450 g/mol. The van der Waals surface area contributed by atoms with E-state index in [0.717, 1.165) is 37.8 Å². The maximum absolute atomic E-state index is 14.7. The molecule has 4 atom stereocenters. The van der Waals surface area contributed by atoms with Gasteiger partial charge in [-0.05, 0) is 68.2 Å². The van der Waals surface area contributed by atoms with Crippen molar-refractivity contribution in [1.29, 1.82) is 0 Å². The Morgan fingerprint density at radius 2 is 1.79 bits per heavy atom. The van der Waals surface area contributed by atoms with Gasteiger partial charge in [-0.2, -0.15) is 13.2 Å². The number of nitrogens with zero attached hydrogens (tertiary/aromatic N) is 1. The van der Waals surface area contributed by atoms with Crippen LogP contribution in [0.25, 0.3) is 0 Å². The van der Waals surface area contributed by atoms with Crippen LogP contribution < -0.4 is 11.1 Å². The van der Waals surface area contributed by atoms with Gasteiger partial charge < -0.3 is 16.0 Å². The summed E-state index contributed by atoms with van der Waals surface area (Å²) in [7, 11) is 0. The number of halogens is 4. The molecule has 1 heterocycles. The first-order valence-corrected chi connectivity index (χ1v) is 11.5. The third kappa shape index (κ3) is 4.01. The van der Waals surface area contributed by atoms with Crippen molar-refractivity contribution in [1.82, 2.24) is 10.2 Å². The maximum atomic E-state index is 14.7. The van der Waals surface area contributed by atoms with E-state index in [0.29, 0.717) is 23.7 Å². The summed E-state index contributed by atoms with van der Waals surface area (Å²) in [4.78, 5) is 28.4. The number of carbonyl (C=O) groups is 2. The van der Waals surface area contributed by atoms with Crippen molar-refractivity contribution in [2.24, 2.45) is 11.8 Å². The summed E-state index contributed by atoms with van der Waals surface area (Å²) in [5.74, 6) is -1.56. The lowest BCUT2D eigenvalue weighted by Gasteiger charge is -2.37. The Kier molecular flexibility index (Phi) is 5.53. The average Bonchev–Trinajstić information content (AvgIpc) is 3.57. The minimum absolute atomic E-state index is 0.0370. The van der Waals surface area contributed by atoms with Crippen LogP contribution in [0.4, 0.5) is 23.2 Å². The maximum Gasteiger partial charge on any atom is 0.416 e. The lowest BCUT2D eigenvalue weighted by Crippen LogP contribution is -2.51. The molecule has 2 aliphatic carbocycles. The van der Waals surface area contributed by atoms with Gasteiger partial charge in [0.05, 0.1) is 17.2 Å². The van der Waals surface area contributed by atoms with Crippen molar-refractivity contribution in [3.05, 3.63) is 65.0 Å². The second-order valence-corrected chi connectivity index (χ2v) is 9.51. The number of amides is 2. The molecule has 5 nitrogen and oxygen atoms in total. The van der Waals surface area contributed by atoms with E-state index in [-0.39, 0.29) is 29.3 Å². The first kappa shape index (κ1) is 22.7. The lowest BCUT2D eigenvalue weighted by molar-refractivity contribution is -0.137. The molecule has 0 aromatic heterocycles. The van der Waals surface area contributed by atoms with E-state index < -0.39 is 35.5 Å². The van der Waals surface area contributed by atoms with Crippen LogP contribution in [-0.2, 0) is 11.0 Å². The molecule has 2 aromatic carbocycles. The van der Waals surface area contributed by atoms with Gasteiger partial charge in [-0.25, -0.2) is 4.39 Å². The summed E-state index contributed by atoms with van der Waals surface area (Å²) in [5.41, 5.74) is 5.63. The number of nitrogens with one attached hydrogen (secondary N) is 1. The van der Waals surface area contributed by atoms with E-state index in [9.17, 15) is 27.2 Å². The fourth-order valence-electron chi connectivity index (χ4n) is 5.26. The number of hydrogen-bond acceptors (Lipinski definition) is 3. The standard InChI is InChI=1S/C25H25F4N3O2/c26-18-12-15(25(27,28)29)8-9-16(18)22(13-5-6-13)31-23(33)21-11-14-7-10-20(14)32(21)24(34)17-3-1-2-4-19(17)30/h1-4,8-9,12-14,20-22H,5-7,10-11,30H2,(H,31,33)/t14-,20-,21-,22-/m1/s1. The van der Waals surface area contributed by atoms with Crippen LogP contribution in [0.5, 0.6) is 0 Å². The van der Waals surface area contributed by atoms with E-state index in [1.165, 1.54) is 0 Å². The van der Waals surface area contributed by atoms with Gasteiger partial charge in [-0.15, -0.1) is 0 Å². The first-order chi connectivity index (χ1) is 16.1. The number of benzene rings is 2. The number of likely N-dealkylation sites (tertiary alicyclic amines) is 1. The molecule has 1 saturated heterocycles. The highest BCUT2D eigenvalue weighted by Crippen LogP contribution is 2.46. The average molecular weight is 475 g/mol. The first-order valence-electron chi connectivity index (χ1n) is 11.5. The van der Waals surface area contributed by atoms with Gasteiger partial charge in [-0.1, -0.05) is 18.2 Å². The fraction of sp³-hybridized carbons (Fsp3) is 0.440. The highest BCUT2D eigenvalue weighted by Gasteiger charge is 2.52. The molecular formula is C25H25F4N3O2. The molecule has 1 aliphatic heterocycles. The summed E-state index contributed by atoms with van der Waals surface area (Å²) >= 11 is 0. The molecule has 0 radical (unpaired) electrons. The van der Waals surface area contributed by atoms with Crippen molar-refractivity contribution >= 4 is 17.5 Å². The van der Waals surface area contributed by atoms with Gasteiger partial charge >= 0.3 is 6.18 Å². The summed E-state index contributed by atoms with van der Waals surface area (Å²) in [6.45, 7) is 0. The smallest absolute Gasteiger partial charge is 0.398 e. The summed E-state index contributed by atoms with van der Waals surface area (Å²) in [5, 5.41) is 2.87. The molecule has 9 heteroatoms. The van der Waals surface area contributed by atoms with Crippen LogP contribution in [0.3, 0.4) is 0 Å². The minimum atomic E-state index is -4.65. The topological polar surface area (TPSA) is 75.4 Å². The zero-order valence-corrected chi connectivity index (χ0v) is 18.3. The van der Waals surface area contributed by atoms with Crippen LogP contribution in [0, 0.1) is 17.7 Å². The Morgan fingerprint density at radius 3 is 2.38 bits per heavy atom. The quantitative estimate of drug-likeness (QED) is 0.487. The largest absolute Gasteiger partial charge is 0.416 e. The molecule has 2 saturated carbocycles. The Morgan fingerprint density at radius 1 is 1.06 bits per heavy atom. The third-order valence-corrected chi connectivity index (χ3v) is 7.38. The van der Waals surface area contributed by atoms with Gasteiger partial charge in [0.2, 0.25) is 5.91 Å². The Hall–Kier alpha value is -3.10. The van der Waals surface area contributed by atoms with Crippen molar-refractivity contribution in [3.8, 4) is 0 Å². The van der Waals surface area contributed by atoms with Gasteiger partial charge in [-0.3, -0.25) is 9.59 Å². The van der Waals surface area contributed by atoms with E-state index in [1.807, 2.05) is 0 Å². The second kappa shape index (κ2) is 8.29. The fourth-order valence-corrected chi connectivity index (χ4v) is 5.26. The molecule has 2 amide bonds. The molecule has 0 unspecified atom stereocenters. The molecule has 3 fully saturated rings.